The van der Waals surface area contributed by atoms with Crippen LogP contribution in [-0.2, 0) is 0 Å². The van der Waals surface area contributed by atoms with Crippen LogP contribution in [0.4, 0.5) is 0 Å². The van der Waals surface area contributed by atoms with Gasteiger partial charge in [0.1, 0.15) is 11.4 Å². The lowest BCUT2D eigenvalue weighted by Gasteiger charge is -2.04. The second-order valence-electron chi connectivity index (χ2n) is 5.24. The minimum atomic E-state index is -0.191. The van der Waals surface area contributed by atoms with Gasteiger partial charge in [0, 0.05) is 17.6 Å². The van der Waals surface area contributed by atoms with Crippen LogP contribution in [0.15, 0.2) is 47.5 Å². The Labute approximate surface area is 136 Å². The fourth-order valence-corrected chi connectivity index (χ4v) is 2.65. The average molecular weight is 322 g/mol. The van der Waals surface area contributed by atoms with Gasteiger partial charge in [-0.05, 0) is 24.3 Å². The van der Waals surface area contributed by atoms with Gasteiger partial charge in [-0.2, -0.15) is 9.78 Å². The molecule has 1 aromatic carbocycles. The molecule has 0 unspecified atom stereocenters. The number of nitrogens with one attached hydrogen (secondary N) is 1. The topological polar surface area (TPSA) is 82.0 Å². The molecule has 0 saturated heterocycles. The number of nitrogens with zero attached hydrogens (tertiary/aromatic N) is 3. The highest BCUT2D eigenvalue weighted by molar-refractivity contribution is 5.93. The third-order valence-corrected chi connectivity index (χ3v) is 3.91. The van der Waals surface area contributed by atoms with Crippen molar-refractivity contribution >= 4 is 10.9 Å². The van der Waals surface area contributed by atoms with E-state index >= 15 is 0 Å². The van der Waals surface area contributed by atoms with Crippen LogP contribution in [0.25, 0.3) is 27.8 Å². The first-order chi connectivity index (χ1) is 11.7. The minimum absolute atomic E-state index is 0.191. The standard InChI is InChI=1S/C17H14N4O3/c1-23-11-5-3-10(4-6-11)21-17(22)13-8-18-14-9-19-15(24-2)7-12(14)16(13)20-21/h3-9,18H,1-2H3. The minimum Gasteiger partial charge on any atom is -0.497 e. The Morgan fingerprint density at radius 3 is 2.62 bits per heavy atom. The summed E-state index contributed by atoms with van der Waals surface area (Å²) in [7, 11) is 3.15. The third kappa shape index (κ3) is 2.10. The molecule has 120 valence electrons. The Balaban J connectivity index is 1.96. The van der Waals surface area contributed by atoms with Crippen LogP contribution in [0, 0.1) is 0 Å². The molecule has 0 saturated carbocycles. The van der Waals surface area contributed by atoms with Crippen LogP contribution < -0.4 is 15.0 Å². The number of benzene rings is 1. The van der Waals surface area contributed by atoms with E-state index in [0.717, 1.165) is 16.7 Å². The zero-order valence-corrected chi connectivity index (χ0v) is 13.1. The maximum absolute atomic E-state index is 12.7. The number of H-pyrrole nitrogens is 1. The van der Waals surface area contributed by atoms with E-state index in [1.807, 2.05) is 0 Å². The van der Waals surface area contributed by atoms with Crippen molar-refractivity contribution in [2.75, 3.05) is 14.2 Å². The van der Waals surface area contributed by atoms with E-state index in [1.54, 1.807) is 56.9 Å². The van der Waals surface area contributed by atoms with Crippen LogP contribution in [0.3, 0.4) is 0 Å². The van der Waals surface area contributed by atoms with E-state index < -0.39 is 0 Å². The van der Waals surface area contributed by atoms with Gasteiger partial charge in [0.25, 0.3) is 5.56 Å². The van der Waals surface area contributed by atoms with Crippen LogP contribution in [0.5, 0.6) is 11.6 Å². The van der Waals surface area contributed by atoms with Gasteiger partial charge in [-0.25, -0.2) is 4.98 Å². The molecule has 0 atom stereocenters. The molecule has 0 aliphatic carbocycles. The summed E-state index contributed by atoms with van der Waals surface area (Å²) in [5.74, 6) is 1.19. The molecule has 7 heteroatoms. The number of pyridine rings is 2. The van der Waals surface area contributed by atoms with Gasteiger partial charge in [-0.1, -0.05) is 0 Å². The predicted octanol–water partition coefficient (Wildman–Crippen LogP) is 2.23. The van der Waals surface area contributed by atoms with Crippen molar-refractivity contribution in [1.82, 2.24) is 19.7 Å². The molecular formula is C17H14N4O3. The van der Waals surface area contributed by atoms with Crippen molar-refractivity contribution in [3.8, 4) is 28.6 Å². The lowest BCUT2D eigenvalue weighted by atomic mass is 10.1. The number of aromatic nitrogens is 4. The second kappa shape index (κ2) is 5.38. The molecule has 0 fully saturated rings. The van der Waals surface area contributed by atoms with Gasteiger partial charge in [-0.15, -0.1) is 0 Å². The van der Waals surface area contributed by atoms with E-state index in [2.05, 4.69) is 15.1 Å². The first kappa shape index (κ1) is 14.3. The lowest BCUT2D eigenvalue weighted by Crippen LogP contribution is -2.14. The fourth-order valence-electron chi connectivity index (χ4n) is 2.65. The zero-order chi connectivity index (χ0) is 16.7. The van der Waals surface area contributed by atoms with Crippen molar-refractivity contribution in [3.63, 3.8) is 0 Å². The van der Waals surface area contributed by atoms with E-state index in [4.69, 9.17) is 9.47 Å². The molecule has 24 heavy (non-hydrogen) atoms. The highest BCUT2D eigenvalue weighted by Gasteiger charge is 2.19. The van der Waals surface area contributed by atoms with Crippen molar-refractivity contribution in [3.05, 3.63) is 53.1 Å². The Bertz CT molecular complexity index is 1050. The number of fused-ring (bicyclic) bond motifs is 3. The van der Waals surface area contributed by atoms with E-state index in [9.17, 15) is 4.79 Å². The molecule has 2 aliphatic rings. The van der Waals surface area contributed by atoms with Gasteiger partial charge < -0.3 is 14.5 Å². The Hall–Kier alpha value is -3.35. The average Bonchev–Trinajstić information content (AvgIpc) is 2.98. The number of hydrogen-bond acceptors (Lipinski definition) is 5. The summed E-state index contributed by atoms with van der Waals surface area (Å²) < 4.78 is 11.7. The number of aromatic amines is 1. The molecule has 7 nitrogen and oxygen atoms in total. The molecule has 2 aromatic rings. The second-order valence-corrected chi connectivity index (χ2v) is 5.24. The first-order valence-corrected chi connectivity index (χ1v) is 7.30. The molecule has 3 heterocycles. The summed E-state index contributed by atoms with van der Waals surface area (Å²) in [6.45, 7) is 0. The molecule has 0 amide bonds. The van der Waals surface area contributed by atoms with Crippen LogP contribution in [0.2, 0.25) is 0 Å². The molecule has 1 aromatic heterocycles. The van der Waals surface area contributed by atoms with Gasteiger partial charge in [0.05, 0.1) is 37.2 Å². The fraction of sp³-hybridized carbons (Fsp3) is 0.118. The van der Waals surface area contributed by atoms with Gasteiger partial charge in [0.2, 0.25) is 5.88 Å². The summed E-state index contributed by atoms with van der Waals surface area (Å²) in [6, 6.07) is 8.93. The molecule has 2 aliphatic heterocycles. The van der Waals surface area contributed by atoms with Crippen LogP contribution in [-0.4, -0.2) is 34.0 Å². The molecule has 0 spiro atoms. The smallest absolute Gasteiger partial charge is 0.282 e. The van der Waals surface area contributed by atoms with E-state index in [-0.39, 0.29) is 5.56 Å². The summed E-state index contributed by atoms with van der Waals surface area (Å²) in [5.41, 5.74) is 2.37. The Kier molecular flexibility index (Phi) is 3.19. The van der Waals surface area contributed by atoms with Crippen molar-refractivity contribution in [1.29, 1.82) is 0 Å². The third-order valence-electron chi connectivity index (χ3n) is 3.91. The highest BCUT2D eigenvalue weighted by atomic mass is 16.5. The normalized spacial score (nSPS) is 11.1. The van der Waals surface area contributed by atoms with Crippen LogP contribution in [0.1, 0.15) is 0 Å². The number of hydrogen-bond donors (Lipinski definition) is 1. The Morgan fingerprint density at radius 1 is 1.12 bits per heavy atom. The number of ether oxygens (including phenoxy) is 2. The summed E-state index contributed by atoms with van der Waals surface area (Å²) >= 11 is 0. The molecular weight excluding hydrogens is 308 g/mol. The molecule has 0 bridgehead atoms. The van der Waals surface area contributed by atoms with Gasteiger partial charge in [-0.3, -0.25) is 4.79 Å². The van der Waals surface area contributed by atoms with Crippen molar-refractivity contribution in [2.24, 2.45) is 0 Å². The maximum Gasteiger partial charge on any atom is 0.282 e. The Morgan fingerprint density at radius 2 is 1.92 bits per heavy atom. The van der Waals surface area contributed by atoms with Crippen LogP contribution >= 0.6 is 0 Å². The lowest BCUT2D eigenvalue weighted by molar-refractivity contribution is 0.398. The zero-order valence-electron chi connectivity index (χ0n) is 13.1. The quantitative estimate of drug-likeness (QED) is 0.625. The maximum atomic E-state index is 12.7. The predicted molar refractivity (Wildman–Crippen MR) is 89.2 cm³/mol. The summed E-state index contributed by atoms with van der Waals surface area (Å²) in [5, 5.41) is 5.28. The van der Waals surface area contributed by atoms with Gasteiger partial charge in [0.15, 0.2) is 0 Å². The van der Waals surface area contributed by atoms with Gasteiger partial charge >= 0.3 is 0 Å². The molecule has 4 rings (SSSR count). The number of methoxy groups -OCH3 is 2. The monoisotopic (exact) mass is 322 g/mol. The first-order valence-electron chi connectivity index (χ1n) is 7.30. The largest absolute Gasteiger partial charge is 0.497 e. The van der Waals surface area contributed by atoms with Crippen molar-refractivity contribution < 1.29 is 9.47 Å². The SMILES string of the molecule is COc1ccc(-n2nc3c4cc(OC)ncc4[nH]cc-3c2=O)cc1. The van der Waals surface area contributed by atoms with E-state index in [1.165, 1.54) is 4.68 Å². The molecule has 0 radical (unpaired) electrons. The van der Waals surface area contributed by atoms with E-state index in [0.29, 0.717) is 22.8 Å². The number of rotatable bonds is 3. The summed E-state index contributed by atoms with van der Waals surface area (Å²) in [4.78, 5) is 19.9. The van der Waals surface area contributed by atoms with Crippen molar-refractivity contribution in [2.45, 2.75) is 0 Å². The highest BCUT2D eigenvalue weighted by Crippen LogP contribution is 2.27. The molecule has 1 N–H and O–H groups in total. The summed E-state index contributed by atoms with van der Waals surface area (Å²) in [6.07, 6.45) is 3.31.